The number of nitrogens with zero attached hydrogens (tertiary/aromatic N) is 2. The van der Waals surface area contributed by atoms with Crippen LogP contribution in [0.1, 0.15) is 24.5 Å². The van der Waals surface area contributed by atoms with E-state index in [9.17, 15) is 9.50 Å². The maximum absolute atomic E-state index is 13.0. The van der Waals surface area contributed by atoms with Gasteiger partial charge in [-0.05, 0) is 36.6 Å². The van der Waals surface area contributed by atoms with Crippen LogP contribution < -0.4 is 0 Å². The quantitative estimate of drug-likeness (QED) is 0.888. The first-order chi connectivity index (χ1) is 8.65. The topological polar surface area (TPSA) is 47.3 Å². The number of benzene rings is 1. The first-order valence-corrected chi connectivity index (χ1v) is 6.19. The normalized spacial score (nSPS) is 24.1. The largest absolute Gasteiger partial charge is 0.395 e. The van der Waals surface area contributed by atoms with Crippen molar-refractivity contribution in [3.05, 3.63) is 35.1 Å². The zero-order chi connectivity index (χ0) is 13.1. The van der Waals surface area contributed by atoms with Gasteiger partial charge in [-0.15, -0.1) is 0 Å². The molecule has 1 aliphatic rings. The van der Waals surface area contributed by atoms with Crippen molar-refractivity contribution in [1.29, 1.82) is 5.26 Å². The predicted octanol–water partition coefficient (Wildman–Crippen LogP) is 1.90. The Kier molecular flexibility index (Phi) is 3.95. The van der Waals surface area contributed by atoms with Gasteiger partial charge in [0.2, 0.25) is 0 Å². The van der Waals surface area contributed by atoms with E-state index in [-0.39, 0.29) is 18.5 Å². The third kappa shape index (κ3) is 2.53. The van der Waals surface area contributed by atoms with Crippen LogP contribution in [0.2, 0.25) is 0 Å². The summed E-state index contributed by atoms with van der Waals surface area (Å²) in [5.41, 5.74) is 1.21. The Morgan fingerprint density at radius 1 is 1.56 bits per heavy atom. The van der Waals surface area contributed by atoms with Crippen LogP contribution >= 0.6 is 0 Å². The molecule has 1 saturated heterocycles. The molecule has 1 aromatic rings. The van der Waals surface area contributed by atoms with E-state index < -0.39 is 0 Å². The van der Waals surface area contributed by atoms with Crippen LogP contribution in [0.4, 0.5) is 4.39 Å². The molecule has 4 heteroatoms. The fourth-order valence-electron chi connectivity index (χ4n) is 2.59. The number of hydrogen-bond donors (Lipinski definition) is 1. The van der Waals surface area contributed by atoms with Crippen LogP contribution in [0.25, 0.3) is 0 Å². The highest BCUT2D eigenvalue weighted by Gasteiger charge is 2.30. The van der Waals surface area contributed by atoms with Crippen LogP contribution in [0, 0.1) is 23.1 Å². The molecule has 0 amide bonds. The molecule has 2 unspecified atom stereocenters. The van der Waals surface area contributed by atoms with E-state index in [1.165, 1.54) is 12.1 Å². The first-order valence-electron chi connectivity index (χ1n) is 6.19. The molecule has 0 saturated carbocycles. The third-order valence-electron chi connectivity index (χ3n) is 3.75. The minimum atomic E-state index is -0.385. The zero-order valence-corrected chi connectivity index (χ0v) is 10.4. The van der Waals surface area contributed by atoms with Gasteiger partial charge in [-0.25, -0.2) is 4.39 Å². The molecule has 2 rings (SSSR count). The second kappa shape index (κ2) is 5.47. The van der Waals surface area contributed by atoms with Crippen LogP contribution in [0.5, 0.6) is 0 Å². The van der Waals surface area contributed by atoms with Gasteiger partial charge in [0.1, 0.15) is 5.82 Å². The third-order valence-corrected chi connectivity index (χ3v) is 3.75. The Labute approximate surface area is 106 Å². The molecule has 3 nitrogen and oxygen atoms in total. The summed E-state index contributed by atoms with van der Waals surface area (Å²) in [6, 6.07) is 6.47. The monoisotopic (exact) mass is 248 g/mol. The summed E-state index contributed by atoms with van der Waals surface area (Å²) in [7, 11) is 0. The predicted molar refractivity (Wildman–Crippen MR) is 66.2 cm³/mol. The summed E-state index contributed by atoms with van der Waals surface area (Å²) in [5, 5.41) is 18.4. The molecular formula is C14H17FN2O. The standard InChI is InChI=1S/C14H17FN2O/c1-10-4-5-17(14(10)9-18)8-11-2-3-13(15)6-12(11)7-16/h2-3,6,10,14,18H,4-5,8-9H2,1H3. The molecule has 18 heavy (non-hydrogen) atoms. The van der Waals surface area contributed by atoms with Crippen molar-refractivity contribution in [3.8, 4) is 6.07 Å². The van der Waals surface area contributed by atoms with E-state index in [1.807, 2.05) is 6.07 Å². The minimum absolute atomic E-state index is 0.129. The van der Waals surface area contributed by atoms with Crippen LogP contribution in [0.15, 0.2) is 18.2 Å². The van der Waals surface area contributed by atoms with Gasteiger partial charge >= 0.3 is 0 Å². The molecule has 0 aliphatic carbocycles. The highest BCUT2D eigenvalue weighted by atomic mass is 19.1. The lowest BCUT2D eigenvalue weighted by atomic mass is 10.0. The number of hydrogen-bond acceptors (Lipinski definition) is 3. The molecule has 2 atom stereocenters. The lowest BCUT2D eigenvalue weighted by molar-refractivity contribution is 0.134. The average Bonchev–Trinajstić information content (AvgIpc) is 2.72. The minimum Gasteiger partial charge on any atom is -0.395 e. The fraction of sp³-hybridized carbons (Fsp3) is 0.500. The Balaban J connectivity index is 2.17. The maximum Gasteiger partial charge on any atom is 0.124 e. The van der Waals surface area contributed by atoms with Gasteiger partial charge < -0.3 is 5.11 Å². The van der Waals surface area contributed by atoms with E-state index in [0.717, 1.165) is 18.5 Å². The highest BCUT2D eigenvalue weighted by Crippen LogP contribution is 2.26. The fourth-order valence-corrected chi connectivity index (χ4v) is 2.59. The van der Waals surface area contributed by atoms with E-state index in [4.69, 9.17) is 5.26 Å². The number of rotatable bonds is 3. The molecule has 1 aliphatic heterocycles. The summed E-state index contributed by atoms with van der Waals surface area (Å²) in [4.78, 5) is 2.17. The van der Waals surface area contributed by atoms with E-state index in [2.05, 4.69) is 11.8 Å². The first kappa shape index (κ1) is 13.0. The average molecular weight is 248 g/mol. The van der Waals surface area contributed by atoms with Crippen molar-refractivity contribution < 1.29 is 9.50 Å². The van der Waals surface area contributed by atoms with Crippen molar-refractivity contribution in [3.63, 3.8) is 0 Å². The molecule has 96 valence electrons. The van der Waals surface area contributed by atoms with Gasteiger partial charge in [0.25, 0.3) is 0 Å². The summed E-state index contributed by atoms with van der Waals surface area (Å²) >= 11 is 0. The Hall–Kier alpha value is -1.44. The van der Waals surface area contributed by atoms with Crippen LogP contribution in [-0.4, -0.2) is 29.2 Å². The zero-order valence-electron chi connectivity index (χ0n) is 10.4. The van der Waals surface area contributed by atoms with E-state index in [1.54, 1.807) is 6.07 Å². The smallest absolute Gasteiger partial charge is 0.124 e. The molecule has 0 bridgehead atoms. The Bertz CT molecular complexity index is 469. The Morgan fingerprint density at radius 3 is 3.00 bits per heavy atom. The lowest BCUT2D eigenvalue weighted by Gasteiger charge is -2.25. The number of aliphatic hydroxyl groups excluding tert-OH is 1. The molecule has 0 spiro atoms. The van der Waals surface area contributed by atoms with Gasteiger partial charge in [-0.1, -0.05) is 13.0 Å². The molecule has 0 radical (unpaired) electrons. The van der Waals surface area contributed by atoms with Crippen molar-refractivity contribution in [2.24, 2.45) is 5.92 Å². The van der Waals surface area contributed by atoms with Gasteiger partial charge in [0.15, 0.2) is 0 Å². The number of likely N-dealkylation sites (tertiary alicyclic amines) is 1. The highest BCUT2D eigenvalue weighted by molar-refractivity contribution is 5.37. The van der Waals surface area contributed by atoms with E-state index in [0.29, 0.717) is 18.0 Å². The van der Waals surface area contributed by atoms with Crippen LogP contribution in [-0.2, 0) is 6.54 Å². The van der Waals surface area contributed by atoms with Crippen molar-refractivity contribution in [1.82, 2.24) is 4.90 Å². The van der Waals surface area contributed by atoms with Crippen molar-refractivity contribution >= 4 is 0 Å². The van der Waals surface area contributed by atoms with Gasteiger partial charge in [-0.2, -0.15) is 5.26 Å². The number of halogens is 1. The number of nitriles is 1. The molecule has 1 heterocycles. The second-order valence-corrected chi connectivity index (χ2v) is 4.90. The summed E-state index contributed by atoms with van der Waals surface area (Å²) in [5.74, 6) is 0.0739. The van der Waals surface area contributed by atoms with Gasteiger partial charge in [0, 0.05) is 12.6 Å². The second-order valence-electron chi connectivity index (χ2n) is 4.90. The van der Waals surface area contributed by atoms with Crippen molar-refractivity contribution in [2.45, 2.75) is 25.9 Å². The summed E-state index contributed by atoms with van der Waals surface area (Å²) in [6.45, 7) is 3.76. The number of aliphatic hydroxyl groups is 1. The van der Waals surface area contributed by atoms with Crippen LogP contribution in [0.3, 0.4) is 0 Å². The lowest BCUT2D eigenvalue weighted by Crippen LogP contribution is -2.34. The molecule has 1 fully saturated rings. The Morgan fingerprint density at radius 2 is 2.33 bits per heavy atom. The summed E-state index contributed by atoms with van der Waals surface area (Å²) in [6.07, 6.45) is 1.05. The van der Waals surface area contributed by atoms with E-state index >= 15 is 0 Å². The molecule has 1 N–H and O–H groups in total. The molecular weight excluding hydrogens is 231 g/mol. The van der Waals surface area contributed by atoms with Crippen molar-refractivity contribution in [2.75, 3.05) is 13.2 Å². The summed E-state index contributed by atoms with van der Waals surface area (Å²) < 4.78 is 13.0. The SMILES string of the molecule is CC1CCN(Cc2ccc(F)cc2C#N)C1CO. The maximum atomic E-state index is 13.0. The van der Waals surface area contributed by atoms with Gasteiger partial charge in [-0.3, -0.25) is 4.90 Å². The van der Waals surface area contributed by atoms with Gasteiger partial charge in [0.05, 0.1) is 18.2 Å². The molecule has 1 aromatic carbocycles. The molecule has 0 aromatic heterocycles.